The zero-order valence-corrected chi connectivity index (χ0v) is 22.5. The second-order valence-electron chi connectivity index (χ2n) is 9.14. The molecule has 1 saturated heterocycles. The topological polar surface area (TPSA) is 82.1 Å². The summed E-state index contributed by atoms with van der Waals surface area (Å²) in [5.41, 5.74) is 11.3. The van der Waals surface area contributed by atoms with Gasteiger partial charge in [0, 0.05) is 48.0 Å². The van der Waals surface area contributed by atoms with E-state index in [2.05, 4.69) is 36.2 Å². The highest BCUT2D eigenvalue weighted by atomic mass is 16.6. The van der Waals surface area contributed by atoms with Crippen LogP contribution in [0.25, 0.3) is 10.9 Å². The van der Waals surface area contributed by atoms with E-state index in [1.165, 1.54) is 30.5 Å². The molecule has 0 radical (unpaired) electrons. The minimum Gasteiger partial charge on any atom is -0.466 e. The van der Waals surface area contributed by atoms with Gasteiger partial charge in [-0.3, -0.25) is 4.79 Å². The third kappa shape index (κ3) is 7.15. The van der Waals surface area contributed by atoms with Gasteiger partial charge >= 0.3 is 5.97 Å². The van der Waals surface area contributed by atoms with Gasteiger partial charge in [0.25, 0.3) is 0 Å². The maximum absolute atomic E-state index is 11.8. The number of aryl methyl sites for hydroxylation is 1. The van der Waals surface area contributed by atoms with Crippen molar-refractivity contribution in [3.8, 4) is 0 Å². The molecule has 2 aromatic rings. The molecule has 198 valence electrons. The Labute approximate surface area is 220 Å². The number of nitrogens with zero attached hydrogens (tertiary/aromatic N) is 3. The van der Waals surface area contributed by atoms with Crippen molar-refractivity contribution in [2.24, 2.45) is 10.9 Å². The fourth-order valence-electron chi connectivity index (χ4n) is 4.61. The van der Waals surface area contributed by atoms with Crippen LogP contribution in [0.3, 0.4) is 0 Å². The van der Waals surface area contributed by atoms with Crippen molar-refractivity contribution in [2.45, 2.75) is 59.4 Å². The standard InChI is InChI=1S/C30H40N4O3/c1-6-24(27(7-2)33-17-10-9-11-18-33)21-22(4)23(5)37-32-30(31)26-13-12-14-28-25(26)15-19-34(28)20-16-29(35)36-8-3/h7,12-15,19,21H,2,5-6,8-11,16-18,20H2,1,3-4H3,(H2,31,32)/b22-21+,27-24+. The Balaban J connectivity index is 1.75. The maximum atomic E-state index is 11.8. The summed E-state index contributed by atoms with van der Waals surface area (Å²) < 4.78 is 7.05. The molecule has 2 heterocycles. The van der Waals surface area contributed by atoms with E-state index in [0.717, 1.165) is 41.5 Å². The minimum absolute atomic E-state index is 0.214. The lowest BCUT2D eigenvalue weighted by molar-refractivity contribution is -0.143. The molecule has 0 bridgehead atoms. The van der Waals surface area contributed by atoms with E-state index in [1.807, 2.05) is 48.0 Å². The largest absolute Gasteiger partial charge is 0.466 e. The van der Waals surface area contributed by atoms with Crippen LogP contribution in [0.15, 0.2) is 83.5 Å². The summed E-state index contributed by atoms with van der Waals surface area (Å²) in [6, 6.07) is 7.77. The molecule has 37 heavy (non-hydrogen) atoms. The van der Waals surface area contributed by atoms with E-state index in [1.54, 1.807) is 6.92 Å². The van der Waals surface area contributed by atoms with Crippen LogP contribution in [0.4, 0.5) is 0 Å². The Kier molecular flexibility index (Phi) is 10.2. The van der Waals surface area contributed by atoms with E-state index in [4.69, 9.17) is 15.3 Å². The molecule has 7 nitrogen and oxygen atoms in total. The number of allylic oxidation sites excluding steroid dienone is 4. The Morgan fingerprint density at radius 3 is 2.62 bits per heavy atom. The maximum Gasteiger partial charge on any atom is 0.307 e. The molecule has 0 unspecified atom stereocenters. The number of nitrogens with two attached hydrogens (primary N) is 1. The number of fused-ring (bicyclic) bond motifs is 1. The van der Waals surface area contributed by atoms with Crippen LogP contribution < -0.4 is 5.73 Å². The quantitative estimate of drug-likeness (QED) is 0.0953. The predicted molar refractivity (Wildman–Crippen MR) is 151 cm³/mol. The van der Waals surface area contributed by atoms with Gasteiger partial charge in [-0.25, -0.2) is 0 Å². The first kappa shape index (κ1) is 27.8. The summed E-state index contributed by atoms with van der Waals surface area (Å²) >= 11 is 0. The van der Waals surface area contributed by atoms with Gasteiger partial charge in [-0.2, -0.15) is 0 Å². The second kappa shape index (κ2) is 13.5. The number of hydrogen-bond donors (Lipinski definition) is 1. The third-order valence-electron chi connectivity index (χ3n) is 6.64. The lowest BCUT2D eigenvalue weighted by Gasteiger charge is -2.31. The number of likely N-dealkylation sites (tertiary alicyclic amines) is 1. The summed E-state index contributed by atoms with van der Waals surface area (Å²) in [6.07, 6.45) is 10.9. The average Bonchev–Trinajstić information content (AvgIpc) is 3.34. The number of rotatable bonds is 12. The van der Waals surface area contributed by atoms with E-state index < -0.39 is 0 Å². The number of esters is 1. The van der Waals surface area contributed by atoms with Gasteiger partial charge in [0.05, 0.1) is 13.0 Å². The van der Waals surface area contributed by atoms with Gasteiger partial charge in [0.15, 0.2) is 11.6 Å². The van der Waals surface area contributed by atoms with E-state index in [0.29, 0.717) is 25.3 Å². The van der Waals surface area contributed by atoms with Crippen molar-refractivity contribution < 1.29 is 14.4 Å². The highest BCUT2D eigenvalue weighted by Gasteiger charge is 2.15. The molecule has 1 aromatic carbocycles. The molecule has 0 saturated carbocycles. The van der Waals surface area contributed by atoms with Crippen LogP contribution in [0.1, 0.15) is 58.4 Å². The summed E-state index contributed by atoms with van der Waals surface area (Å²) in [7, 11) is 0. The molecule has 1 fully saturated rings. The Hall–Kier alpha value is -3.74. The molecule has 2 N–H and O–H groups in total. The number of benzene rings is 1. The van der Waals surface area contributed by atoms with Gasteiger partial charge in [0.2, 0.25) is 0 Å². The molecule has 0 spiro atoms. The zero-order valence-electron chi connectivity index (χ0n) is 22.5. The van der Waals surface area contributed by atoms with Gasteiger partial charge in [-0.1, -0.05) is 43.4 Å². The fraction of sp³-hybridized carbons (Fsp3) is 0.400. The zero-order chi connectivity index (χ0) is 26.8. The van der Waals surface area contributed by atoms with Crippen molar-refractivity contribution in [3.05, 3.63) is 83.9 Å². The first-order valence-corrected chi connectivity index (χ1v) is 13.1. The molecule has 3 rings (SSSR count). The number of aromatic nitrogens is 1. The molecule has 7 heteroatoms. The van der Waals surface area contributed by atoms with E-state index in [-0.39, 0.29) is 11.8 Å². The minimum atomic E-state index is -0.214. The van der Waals surface area contributed by atoms with Crippen molar-refractivity contribution in [1.29, 1.82) is 0 Å². The number of hydrogen-bond acceptors (Lipinski definition) is 5. The van der Waals surface area contributed by atoms with Crippen LogP contribution in [-0.2, 0) is 20.9 Å². The highest BCUT2D eigenvalue weighted by molar-refractivity contribution is 6.08. The van der Waals surface area contributed by atoms with Crippen LogP contribution in [0.2, 0.25) is 0 Å². The van der Waals surface area contributed by atoms with Crippen molar-refractivity contribution in [1.82, 2.24) is 9.47 Å². The van der Waals surface area contributed by atoms with Gasteiger partial charge in [-0.15, -0.1) is 0 Å². The predicted octanol–water partition coefficient (Wildman–Crippen LogP) is 6.03. The molecular formula is C30H40N4O3. The molecular weight excluding hydrogens is 464 g/mol. The molecule has 0 aliphatic carbocycles. The number of carbonyl (C=O) groups excluding carboxylic acids is 1. The number of oxime groups is 1. The SMILES string of the molecule is C=C/C(=C(\C=C(/C)C(=C)O/N=C(\N)c1cccc2c1ccn2CCC(=O)OCC)CC)N1CCCCC1. The number of ether oxygens (including phenoxy) is 1. The van der Waals surface area contributed by atoms with Crippen LogP contribution in [0.5, 0.6) is 0 Å². The lowest BCUT2D eigenvalue weighted by Crippen LogP contribution is -2.29. The normalized spacial score (nSPS) is 15.4. The first-order chi connectivity index (χ1) is 17.9. The van der Waals surface area contributed by atoms with Gasteiger partial charge in [0.1, 0.15) is 0 Å². The summed E-state index contributed by atoms with van der Waals surface area (Å²) in [5.74, 6) is 0.485. The summed E-state index contributed by atoms with van der Waals surface area (Å²) in [6.45, 7) is 17.1. The van der Waals surface area contributed by atoms with Crippen molar-refractivity contribution >= 4 is 22.7 Å². The number of piperidine rings is 1. The molecule has 0 atom stereocenters. The lowest BCUT2D eigenvalue weighted by atomic mass is 10.0. The average molecular weight is 505 g/mol. The van der Waals surface area contributed by atoms with Crippen LogP contribution in [-0.4, -0.2) is 41.0 Å². The highest BCUT2D eigenvalue weighted by Crippen LogP contribution is 2.24. The van der Waals surface area contributed by atoms with Crippen molar-refractivity contribution in [2.75, 3.05) is 19.7 Å². The molecule has 1 aliphatic rings. The van der Waals surface area contributed by atoms with Gasteiger partial charge < -0.3 is 24.8 Å². The van der Waals surface area contributed by atoms with Crippen molar-refractivity contribution in [3.63, 3.8) is 0 Å². The second-order valence-corrected chi connectivity index (χ2v) is 9.14. The Bertz CT molecular complexity index is 1210. The number of amidine groups is 1. The Morgan fingerprint density at radius 1 is 1.19 bits per heavy atom. The van der Waals surface area contributed by atoms with E-state index in [9.17, 15) is 4.79 Å². The van der Waals surface area contributed by atoms with Crippen LogP contribution >= 0.6 is 0 Å². The van der Waals surface area contributed by atoms with E-state index >= 15 is 0 Å². The Morgan fingerprint density at radius 2 is 1.95 bits per heavy atom. The number of carbonyl (C=O) groups is 1. The van der Waals surface area contributed by atoms with Gasteiger partial charge in [-0.05, 0) is 68.9 Å². The third-order valence-corrected chi connectivity index (χ3v) is 6.64. The molecule has 1 aromatic heterocycles. The summed E-state index contributed by atoms with van der Waals surface area (Å²) in [5, 5.41) is 5.12. The smallest absolute Gasteiger partial charge is 0.307 e. The fourth-order valence-corrected chi connectivity index (χ4v) is 4.61. The first-order valence-electron chi connectivity index (χ1n) is 13.1. The molecule has 1 aliphatic heterocycles. The summed E-state index contributed by atoms with van der Waals surface area (Å²) in [4.78, 5) is 19.8. The monoisotopic (exact) mass is 504 g/mol. The molecule has 0 amide bonds. The van der Waals surface area contributed by atoms with Crippen LogP contribution in [0, 0.1) is 0 Å².